The van der Waals surface area contributed by atoms with Crippen molar-refractivity contribution in [2.24, 2.45) is 17.6 Å². The minimum atomic E-state index is 0.187. The lowest BCUT2D eigenvalue weighted by Crippen LogP contribution is -2.32. The van der Waals surface area contributed by atoms with Crippen molar-refractivity contribution in [2.45, 2.75) is 65.0 Å². The second-order valence-corrected chi connectivity index (χ2v) is 10.4. The summed E-state index contributed by atoms with van der Waals surface area (Å²) in [6, 6.07) is 15.6. The molecular weight excluding hydrogens is 384 g/mol. The summed E-state index contributed by atoms with van der Waals surface area (Å²) in [5, 5.41) is 0. The molecule has 1 saturated carbocycles. The van der Waals surface area contributed by atoms with Gasteiger partial charge in [0.15, 0.2) is 11.5 Å². The van der Waals surface area contributed by atoms with E-state index in [9.17, 15) is 0 Å². The van der Waals surface area contributed by atoms with Gasteiger partial charge >= 0.3 is 0 Å². The van der Waals surface area contributed by atoms with Crippen LogP contribution in [-0.2, 0) is 18.5 Å². The van der Waals surface area contributed by atoms with E-state index >= 15 is 0 Å². The first kappa shape index (κ1) is 22.2. The Labute approximate surface area is 187 Å². The van der Waals surface area contributed by atoms with Gasteiger partial charge in [-0.15, -0.1) is 0 Å². The van der Waals surface area contributed by atoms with Gasteiger partial charge in [0.1, 0.15) is 0 Å². The maximum absolute atomic E-state index is 5.91. The van der Waals surface area contributed by atoms with E-state index in [1.807, 2.05) is 6.07 Å². The van der Waals surface area contributed by atoms with Crippen LogP contribution < -0.4 is 15.2 Å². The molecule has 2 N–H and O–H groups in total. The monoisotopic (exact) mass is 422 g/mol. The third-order valence-corrected chi connectivity index (χ3v) is 6.89. The van der Waals surface area contributed by atoms with E-state index in [1.165, 1.54) is 42.4 Å². The van der Waals surface area contributed by atoms with Gasteiger partial charge in [-0.25, -0.2) is 0 Å². The molecule has 0 unspecified atom stereocenters. The molecule has 0 radical (unpaired) electrons. The highest BCUT2D eigenvalue weighted by atomic mass is 16.7. The number of hydrogen-bond donors (Lipinski definition) is 1. The number of benzene rings is 2. The Morgan fingerprint density at radius 2 is 1.45 bits per heavy atom. The summed E-state index contributed by atoms with van der Waals surface area (Å²) < 4.78 is 11.1. The molecule has 1 aliphatic carbocycles. The lowest BCUT2D eigenvalue weighted by Gasteiger charge is -2.32. The number of fused-ring (bicyclic) bond motifs is 1. The van der Waals surface area contributed by atoms with Crippen LogP contribution >= 0.6 is 0 Å². The van der Waals surface area contributed by atoms with Crippen molar-refractivity contribution in [1.29, 1.82) is 0 Å². The molecule has 4 heteroatoms. The van der Waals surface area contributed by atoms with Gasteiger partial charge in [-0.2, -0.15) is 0 Å². The molecule has 1 fully saturated rings. The highest BCUT2D eigenvalue weighted by molar-refractivity contribution is 5.44. The molecule has 2 aliphatic rings. The number of rotatable bonds is 7. The van der Waals surface area contributed by atoms with Crippen LogP contribution in [0.5, 0.6) is 11.5 Å². The van der Waals surface area contributed by atoms with Crippen molar-refractivity contribution < 1.29 is 9.47 Å². The first-order chi connectivity index (χ1) is 14.9. The van der Waals surface area contributed by atoms with E-state index in [-0.39, 0.29) is 5.41 Å². The maximum atomic E-state index is 5.91. The quantitative estimate of drug-likeness (QED) is 0.642. The van der Waals surface area contributed by atoms with E-state index in [1.54, 1.807) is 0 Å². The average molecular weight is 423 g/mol. The Morgan fingerprint density at radius 1 is 0.839 bits per heavy atom. The molecule has 2 aromatic carbocycles. The van der Waals surface area contributed by atoms with E-state index in [0.717, 1.165) is 49.5 Å². The van der Waals surface area contributed by atoms with Crippen LogP contribution in [0, 0.1) is 11.8 Å². The first-order valence-corrected chi connectivity index (χ1v) is 11.8. The van der Waals surface area contributed by atoms with Crippen molar-refractivity contribution in [3.63, 3.8) is 0 Å². The molecule has 1 heterocycles. The Bertz CT molecular complexity index is 849. The van der Waals surface area contributed by atoms with Crippen molar-refractivity contribution in [3.05, 3.63) is 59.2 Å². The number of hydrogen-bond acceptors (Lipinski definition) is 4. The smallest absolute Gasteiger partial charge is 0.231 e. The molecular formula is C27H38N2O2. The van der Waals surface area contributed by atoms with Crippen LogP contribution in [0.2, 0.25) is 0 Å². The van der Waals surface area contributed by atoms with Gasteiger partial charge in [0.25, 0.3) is 0 Å². The van der Waals surface area contributed by atoms with Gasteiger partial charge in [0, 0.05) is 19.6 Å². The SMILES string of the molecule is CC(C)(C)c1ccc(CN(Cc2ccc3c(c2)OCO3)CC2CCC(CN)CC2)cc1. The lowest BCUT2D eigenvalue weighted by atomic mass is 9.81. The predicted molar refractivity (Wildman–Crippen MR) is 126 cm³/mol. The Morgan fingerprint density at radius 3 is 2.13 bits per heavy atom. The minimum absolute atomic E-state index is 0.187. The Hall–Kier alpha value is -2.04. The summed E-state index contributed by atoms with van der Waals surface area (Å²) in [6.45, 7) is 11.0. The summed E-state index contributed by atoms with van der Waals surface area (Å²) in [6.07, 6.45) is 5.14. The van der Waals surface area contributed by atoms with Crippen LogP contribution in [0.15, 0.2) is 42.5 Å². The summed E-state index contributed by atoms with van der Waals surface area (Å²) in [5.74, 6) is 3.21. The third-order valence-electron chi connectivity index (χ3n) is 6.89. The molecule has 4 nitrogen and oxygen atoms in total. The van der Waals surface area contributed by atoms with E-state index < -0.39 is 0 Å². The fourth-order valence-electron chi connectivity index (χ4n) is 4.87. The summed E-state index contributed by atoms with van der Waals surface area (Å²) in [7, 11) is 0. The molecule has 0 bridgehead atoms. The minimum Gasteiger partial charge on any atom is -0.454 e. The fraction of sp³-hybridized carbons (Fsp3) is 0.556. The zero-order valence-corrected chi connectivity index (χ0v) is 19.4. The average Bonchev–Trinajstić information content (AvgIpc) is 3.22. The van der Waals surface area contributed by atoms with Gasteiger partial charge < -0.3 is 15.2 Å². The molecule has 1 aliphatic heterocycles. The lowest BCUT2D eigenvalue weighted by molar-refractivity contribution is 0.169. The predicted octanol–water partition coefficient (Wildman–Crippen LogP) is 5.48. The molecule has 0 amide bonds. The summed E-state index contributed by atoms with van der Waals surface area (Å²) >= 11 is 0. The topological polar surface area (TPSA) is 47.7 Å². The van der Waals surface area contributed by atoms with E-state index in [4.69, 9.17) is 15.2 Å². The normalized spacial score (nSPS) is 20.9. The van der Waals surface area contributed by atoms with Crippen molar-refractivity contribution in [2.75, 3.05) is 19.9 Å². The molecule has 0 aromatic heterocycles. The zero-order valence-electron chi connectivity index (χ0n) is 19.4. The second kappa shape index (κ2) is 9.62. The van der Waals surface area contributed by atoms with Crippen LogP contribution in [0.4, 0.5) is 0 Å². The highest BCUT2D eigenvalue weighted by Gasteiger charge is 2.23. The summed E-state index contributed by atoms with van der Waals surface area (Å²) in [5.41, 5.74) is 10.1. The third kappa shape index (κ3) is 5.81. The largest absolute Gasteiger partial charge is 0.454 e. The molecule has 0 atom stereocenters. The second-order valence-electron chi connectivity index (χ2n) is 10.4. The molecule has 0 saturated heterocycles. The van der Waals surface area contributed by atoms with Crippen LogP contribution in [-0.4, -0.2) is 24.8 Å². The van der Waals surface area contributed by atoms with Gasteiger partial charge in [0.2, 0.25) is 6.79 Å². The van der Waals surface area contributed by atoms with E-state index in [2.05, 4.69) is 62.1 Å². The van der Waals surface area contributed by atoms with Crippen molar-refractivity contribution >= 4 is 0 Å². The highest BCUT2D eigenvalue weighted by Crippen LogP contribution is 2.34. The van der Waals surface area contributed by atoms with Gasteiger partial charge in [-0.3, -0.25) is 4.90 Å². The Kier molecular flexibility index (Phi) is 6.88. The van der Waals surface area contributed by atoms with Crippen molar-refractivity contribution in [1.82, 2.24) is 4.90 Å². The van der Waals surface area contributed by atoms with E-state index in [0.29, 0.717) is 6.79 Å². The molecule has 168 valence electrons. The van der Waals surface area contributed by atoms with Crippen LogP contribution in [0.1, 0.15) is 63.1 Å². The molecule has 0 spiro atoms. The van der Waals surface area contributed by atoms with Crippen LogP contribution in [0.3, 0.4) is 0 Å². The standard InChI is InChI=1S/C27H38N2O2/c1-27(2,3)24-11-8-22(9-12-24)17-29(16-21-6-4-20(15-28)5-7-21)18-23-10-13-25-26(14-23)31-19-30-25/h8-14,20-21H,4-7,15-19,28H2,1-3H3. The maximum Gasteiger partial charge on any atom is 0.231 e. The molecule has 4 rings (SSSR count). The zero-order chi connectivity index (χ0) is 21.8. The number of nitrogens with zero attached hydrogens (tertiary/aromatic N) is 1. The number of nitrogens with two attached hydrogens (primary N) is 1. The fourth-order valence-corrected chi connectivity index (χ4v) is 4.87. The molecule has 2 aromatic rings. The van der Waals surface area contributed by atoms with Gasteiger partial charge in [0.05, 0.1) is 0 Å². The van der Waals surface area contributed by atoms with Gasteiger partial charge in [-0.1, -0.05) is 51.1 Å². The van der Waals surface area contributed by atoms with Crippen molar-refractivity contribution in [3.8, 4) is 11.5 Å². The first-order valence-electron chi connectivity index (χ1n) is 11.8. The van der Waals surface area contributed by atoms with Gasteiger partial charge in [-0.05, 0) is 78.3 Å². The summed E-state index contributed by atoms with van der Waals surface area (Å²) in [4.78, 5) is 2.61. The Balaban J connectivity index is 1.46. The number of ether oxygens (including phenoxy) is 2. The molecule has 31 heavy (non-hydrogen) atoms. The van der Waals surface area contributed by atoms with Crippen LogP contribution in [0.25, 0.3) is 0 Å².